The summed E-state index contributed by atoms with van der Waals surface area (Å²) in [6, 6.07) is 7.97. The molecule has 7 atom stereocenters. The third-order valence-electron chi connectivity index (χ3n) is 12.5. The second kappa shape index (κ2) is 16.7. The summed E-state index contributed by atoms with van der Waals surface area (Å²) in [5.74, 6) is 0.275. The molecule has 0 aromatic heterocycles. The van der Waals surface area contributed by atoms with E-state index in [-0.39, 0.29) is 39.0 Å². The van der Waals surface area contributed by atoms with Gasteiger partial charge in [0.25, 0.3) is 0 Å². The minimum absolute atomic E-state index is 0.0137. The molecule has 0 unspecified atom stereocenters. The number of epoxide rings is 1. The van der Waals surface area contributed by atoms with Crippen LogP contribution in [0.4, 0.5) is 0 Å². The lowest BCUT2D eigenvalue weighted by atomic mass is 9.80. The fourth-order valence-electron chi connectivity index (χ4n) is 5.48. The molecule has 1 fully saturated rings. The Balaban J connectivity index is 2.49. The minimum Gasteiger partial charge on any atom is -0.497 e. The van der Waals surface area contributed by atoms with Crippen LogP contribution in [0.25, 0.3) is 0 Å². The smallest absolute Gasteiger partial charge is 0.192 e. The quantitative estimate of drug-likeness (QED) is 0.0856. The van der Waals surface area contributed by atoms with E-state index in [1.807, 2.05) is 30.3 Å². The standard InChI is InChI=1S/C40H76O7Si3/c1-20-31(27-44-48(14,15)37(3,4)5)34(41)33(28-45-49(16,17)38(6,7)8)36(47-50(18,19)39(9,10)11)40(12)35(46-40)29(2)25-43-26-30-21-23-32(42-13)24-22-30/h20-24,29,31,33-36,41H,1,25-28H2,2-19H3/t29-,31+,33-,34-,35+,36-,40+/m0/s1. The molecule has 1 N–H and O–H groups in total. The lowest BCUT2D eigenvalue weighted by Gasteiger charge is -2.46. The fourth-order valence-corrected chi connectivity index (χ4v) is 8.96. The molecule has 0 saturated carbocycles. The Kier molecular flexibility index (Phi) is 15.1. The zero-order chi connectivity index (χ0) is 38.7. The lowest BCUT2D eigenvalue weighted by molar-refractivity contribution is -0.0590. The summed E-state index contributed by atoms with van der Waals surface area (Å²) in [7, 11) is -4.93. The molecule has 50 heavy (non-hydrogen) atoms. The highest BCUT2D eigenvalue weighted by molar-refractivity contribution is 6.75. The Labute approximate surface area is 310 Å². The Morgan fingerprint density at radius 1 is 0.820 bits per heavy atom. The van der Waals surface area contributed by atoms with Crippen molar-refractivity contribution in [3.8, 4) is 5.75 Å². The van der Waals surface area contributed by atoms with Crippen molar-refractivity contribution in [2.24, 2.45) is 17.8 Å². The third kappa shape index (κ3) is 11.3. The van der Waals surface area contributed by atoms with Gasteiger partial charge in [-0.3, -0.25) is 0 Å². The molecular weight excluding hydrogens is 677 g/mol. The molecule has 1 heterocycles. The topological polar surface area (TPSA) is 78.9 Å². The van der Waals surface area contributed by atoms with Crippen LogP contribution in [0.3, 0.4) is 0 Å². The first kappa shape index (κ1) is 45.3. The minimum atomic E-state index is -2.35. The highest BCUT2D eigenvalue weighted by Crippen LogP contribution is 2.51. The summed E-state index contributed by atoms with van der Waals surface area (Å²) in [5, 5.41) is 12.5. The van der Waals surface area contributed by atoms with Gasteiger partial charge in [0.2, 0.25) is 0 Å². The van der Waals surface area contributed by atoms with Crippen LogP contribution < -0.4 is 4.74 Å². The van der Waals surface area contributed by atoms with Gasteiger partial charge in [-0.1, -0.05) is 87.4 Å². The monoisotopic (exact) mass is 752 g/mol. The van der Waals surface area contributed by atoms with Gasteiger partial charge < -0.3 is 32.6 Å². The van der Waals surface area contributed by atoms with E-state index >= 15 is 0 Å². The van der Waals surface area contributed by atoms with Gasteiger partial charge in [0.1, 0.15) is 11.4 Å². The Bertz CT molecular complexity index is 1210. The first-order valence-corrected chi connectivity index (χ1v) is 27.4. The van der Waals surface area contributed by atoms with Gasteiger partial charge >= 0.3 is 0 Å². The maximum Gasteiger partial charge on any atom is 0.192 e. The first-order valence-electron chi connectivity index (χ1n) is 18.7. The molecule has 1 saturated heterocycles. The number of ether oxygens (including phenoxy) is 3. The molecule has 0 aliphatic carbocycles. The zero-order valence-electron chi connectivity index (χ0n) is 35.3. The van der Waals surface area contributed by atoms with E-state index in [1.54, 1.807) is 7.11 Å². The average Bonchev–Trinajstić information content (AvgIpc) is 3.67. The highest BCUT2D eigenvalue weighted by Gasteiger charge is 2.64. The van der Waals surface area contributed by atoms with Crippen LogP contribution in [0, 0.1) is 17.8 Å². The summed E-state index contributed by atoms with van der Waals surface area (Å²) < 4.78 is 39.3. The number of benzene rings is 1. The van der Waals surface area contributed by atoms with E-state index in [2.05, 4.69) is 122 Å². The predicted molar refractivity (Wildman–Crippen MR) is 217 cm³/mol. The van der Waals surface area contributed by atoms with Crippen molar-refractivity contribution >= 4 is 25.0 Å². The Morgan fingerprint density at radius 3 is 1.74 bits per heavy atom. The molecular formula is C40H76O7Si3. The fraction of sp³-hybridized carbons (Fsp3) is 0.800. The van der Waals surface area contributed by atoms with Crippen molar-refractivity contribution < 1.29 is 32.6 Å². The summed E-state index contributed by atoms with van der Waals surface area (Å²) in [6.45, 7) is 44.2. The molecule has 0 amide bonds. The Morgan fingerprint density at radius 2 is 1.30 bits per heavy atom. The van der Waals surface area contributed by atoms with Crippen LogP contribution in [0.1, 0.15) is 81.7 Å². The van der Waals surface area contributed by atoms with Crippen molar-refractivity contribution in [2.75, 3.05) is 26.9 Å². The number of methoxy groups -OCH3 is 1. The van der Waals surface area contributed by atoms with E-state index in [9.17, 15) is 5.11 Å². The predicted octanol–water partition coefficient (Wildman–Crippen LogP) is 10.2. The van der Waals surface area contributed by atoms with Crippen LogP contribution in [0.2, 0.25) is 54.4 Å². The van der Waals surface area contributed by atoms with Crippen molar-refractivity contribution in [3.05, 3.63) is 42.5 Å². The second-order valence-corrected chi connectivity index (χ2v) is 33.9. The average molecular weight is 753 g/mol. The largest absolute Gasteiger partial charge is 0.497 e. The van der Waals surface area contributed by atoms with Gasteiger partial charge in [-0.05, 0) is 79.0 Å². The van der Waals surface area contributed by atoms with Crippen LogP contribution in [-0.2, 0) is 29.4 Å². The van der Waals surface area contributed by atoms with Crippen molar-refractivity contribution in [1.29, 1.82) is 0 Å². The number of rotatable bonds is 19. The zero-order valence-corrected chi connectivity index (χ0v) is 38.3. The van der Waals surface area contributed by atoms with Gasteiger partial charge in [0.15, 0.2) is 25.0 Å². The normalized spacial score (nSPS) is 22.4. The lowest BCUT2D eigenvalue weighted by Crippen LogP contribution is -2.56. The van der Waals surface area contributed by atoms with Crippen LogP contribution >= 0.6 is 0 Å². The number of aliphatic hydroxyl groups excluding tert-OH is 1. The molecule has 1 aromatic carbocycles. The molecule has 1 aliphatic heterocycles. The van der Waals surface area contributed by atoms with E-state index in [0.29, 0.717) is 26.4 Å². The summed E-state index contributed by atoms with van der Waals surface area (Å²) in [6.07, 6.45) is 0.554. The third-order valence-corrected chi connectivity index (χ3v) is 25.9. The summed E-state index contributed by atoms with van der Waals surface area (Å²) in [4.78, 5) is 0. The van der Waals surface area contributed by atoms with Gasteiger partial charge in [-0.2, -0.15) is 0 Å². The van der Waals surface area contributed by atoms with Crippen LogP contribution in [0.5, 0.6) is 5.75 Å². The second-order valence-electron chi connectivity index (χ2n) is 19.6. The summed E-state index contributed by atoms with van der Waals surface area (Å²) >= 11 is 0. The maximum absolute atomic E-state index is 12.5. The van der Waals surface area contributed by atoms with Crippen LogP contribution in [-0.4, -0.2) is 80.9 Å². The number of hydrogen-bond acceptors (Lipinski definition) is 7. The van der Waals surface area contributed by atoms with Gasteiger partial charge in [0.05, 0.1) is 38.6 Å². The molecule has 0 bridgehead atoms. The molecule has 2 rings (SSSR count). The molecule has 290 valence electrons. The van der Waals surface area contributed by atoms with E-state index in [0.717, 1.165) is 11.3 Å². The molecule has 1 aromatic rings. The molecule has 0 radical (unpaired) electrons. The highest BCUT2D eigenvalue weighted by atomic mass is 28.4. The van der Waals surface area contributed by atoms with Crippen LogP contribution in [0.15, 0.2) is 36.9 Å². The van der Waals surface area contributed by atoms with E-state index < -0.39 is 42.8 Å². The van der Waals surface area contributed by atoms with E-state index in [1.165, 1.54) is 0 Å². The summed E-state index contributed by atoms with van der Waals surface area (Å²) in [5.41, 5.74) is 0.463. The number of hydrogen-bond donors (Lipinski definition) is 1. The number of aliphatic hydroxyl groups is 1. The maximum atomic E-state index is 12.5. The van der Waals surface area contributed by atoms with Crippen molar-refractivity contribution in [3.63, 3.8) is 0 Å². The molecule has 0 spiro atoms. The van der Waals surface area contributed by atoms with Crippen molar-refractivity contribution in [1.82, 2.24) is 0 Å². The first-order chi connectivity index (χ1) is 22.5. The molecule has 1 aliphatic rings. The Hall–Kier alpha value is -0.829. The van der Waals surface area contributed by atoms with Gasteiger partial charge in [0, 0.05) is 31.0 Å². The molecule has 7 nitrogen and oxygen atoms in total. The van der Waals surface area contributed by atoms with Crippen molar-refractivity contribution in [2.45, 2.75) is 161 Å². The molecule has 10 heteroatoms. The SMILES string of the molecule is C=C[C@H](CO[Si](C)(C)C(C)(C)C)[C@H](O)[C@H](CO[Si](C)(C)C(C)(C)C)[C@H](O[Si](C)(C)C(C)(C)C)[C@]1(C)O[C@@H]1[C@@H](C)COCc1ccc(OC)cc1. The van der Waals surface area contributed by atoms with Gasteiger partial charge in [-0.15, -0.1) is 6.58 Å². The van der Waals surface area contributed by atoms with E-state index in [4.69, 9.17) is 27.5 Å². The van der Waals surface area contributed by atoms with Gasteiger partial charge in [-0.25, -0.2) is 0 Å².